The lowest BCUT2D eigenvalue weighted by Crippen LogP contribution is -1.91. The Morgan fingerprint density at radius 2 is 0.659 bits per heavy atom. The topological polar surface area (TPSA) is 0 Å². The fourth-order valence-electron chi connectivity index (χ4n) is 5.12. The molecule has 0 bridgehead atoms. The highest BCUT2D eigenvalue weighted by Crippen LogP contribution is 2.44. The first-order chi connectivity index (χ1) is 33.5. The molecule has 0 radical (unpaired) electrons. The summed E-state index contributed by atoms with van der Waals surface area (Å²) in [6, 6.07) is -25.9. The van der Waals surface area contributed by atoms with Crippen molar-refractivity contribution >= 4 is 53.9 Å². The van der Waals surface area contributed by atoms with E-state index in [4.69, 9.17) is 23.3 Å². The molecule has 0 nitrogen and oxygen atoms in total. The lowest BCUT2D eigenvalue weighted by Gasteiger charge is -2.18. The largest absolute Gasteiger partial charge is 0.0636 e. The van der Waals surface area contributed by atoms with Crippen LogP contribution in [0, 0.1) is 0 Å². The van der Waals surface area contributed by atoms with Gasteiger partial charge in [-0.3, -0.25) is 0 Å². The van der Waals surface area contributed by atoms with E-state index in [2.05, 4.69) is 0 Å². The summed E-state index contributed by atoms with van der Waals surface area (Å²) in [5.41, 5.74) is -4.77. The van der Waals surface area contributed by atoms with E-state index in [0.29, 0.717) is 0 Å². The highest BCUT2D eigenvalue weighted by atomic mass is 14.2. The van der Waals surface area contributed by atoms with Gasteiger partial charge in [-0.25, -0.2) is 0 Å². The minimum absolute atomic E-state index is 0.469. The standard InChI is InChI=1S/C44H28/c1-2-11-33-28-36(24-19-29(33)9-1)44-41-15-7-5-13-39(41)43(40-14-6-8-16-42(40)44)32-21-17-30(18-22-32)34-25-26-38-35(27-34)23-20-31-10-3-4-12-37(31)38/h1-28H/i1D,2D,3D,4D,5D,6D,7D,8D,9D,10D,11D,12D,13D,14D,15D,16D,17D,18D,19D,20D,21D,22D,23D,24D,25D,26D,27D,28D. The monoisotopic (exact) mass is 584 g/mol. The Bertz CT molecular complexity index is 4010. The van der Waals surface area contributed by atoms with Crippen LogP contribution in [-0.4, -0.2) is 0 Å². The summed E-state index contributed by atoms with van der Waals surface area (Å²) < 4.78 is 250. The number of fused-ring (bicyclic) bond motifs is 6. The van der Waals surface area contributed by atoms with Crippen molar-refractivity contribution in [2.24, 2.45) is 0 Å². The molecule has 0 aliphatic rings. The molecule has 0 saturated heterocycles. The highest BCUT2D eigenvalue weighted by molar-refractivity contribution is 6.21. The van der Waals surface area contributed by atoms with Crippen LogP contribution in [0.2, 0.25) is 0 Å². The van der Waals surface area contributed by atoms with Crippen LogP contribution < -0.4 is 0 Å². The van der Waals surface area contributed by atoms with Crippen molar-refractivity contribution in [3.05, 3.63) is 169 Å². The summed E-state index contributed by atoms with van der Waals surface area (Å²) in [4.78, 5) is 0. The first kappa shape index (κ1) is 9.64. The maximum absolute atomic E-state index is 9.52. The van der Waals surface area contributed by atoms with Crippen molar-refractivity contribution in [3.8, 4) is 33.4 Å². The summed E-state index contributed by atoms with van der Waals surface area (Å²) in [5, 5.41) is -6.24. The van der Waals surface area contributed by atoms with E-state index in [1.165, 1.54) is 0 Å². The van der Waals surface area contributed by atoms with Gasteiger partial charge in [0.05, 0.1) is 38.4 Å². The summed E-state index contributed by atoms with van der Waals surface area (Å²) in [5.74, 6) is 0. The van der Waals surface area contributed by atoms with Crippen LogP contribution in [0.25, 0.3) is 87.2 Å². The predicted molar refractivity (Wildman–Crippen MR) is 190 cm³/mol. The van der Waals surface area contributed by atoms with Crippen molar-refractivity contribution in [1.82, 2.24) is 0 Å². The fraction of sp³-hybridized carbons (Fsp3) is 0. The minimum Gasteiger partial charge on any atom is -0.0616 e. The molecule has 9 aromatic rings. The fourth-order valence-corrected chi connectivity index (χ4v) is 5.12. The quantitative estimate of drug-likeness (QED) is 0.143. The van der Waals surface area contributed by atoms with Crippen molar-refractivity contribution in [1.29, 1.82) is 0 Å². The molecule has 0 heteroatoms. The molecule has 9 rings (SSSR count). The summed E-state index contributed by atoms with van der Waals surface area (Å²) >= 11 is 0. The first-order valence-electron chi connectivity index (χ1n) is 27.0. The molecule has 9 aromatic carbocycles. The van der Waals surface area contributed by atoms with Gasteiger partial charge in [0.2, 0.25) is 0 Å². The smallest absolute Gasteiger partial charge is 0.0616 e. The third kappa shape index (κ3) is 3.92. The van der Waals surface area contributed by atoms with E-state index in [0.717, 1.165) is 0 Å². The molecule has 0 heterocycles. The lowest BCUT2D eigenvalue weighted by molar-refractivity contribution is 1.63. The maximum Gasteiger partial charge on any atom is 0.0636 e. The van der Waals surface area contributed by atoms with Gasteiger partial charge in [-0.15, -0.1) is 0 Å². The maximum atomic E-state index is 9.52. The summed E-state index contributed by atoms with van der Waals surface area (Å²) in [6.07, 6.45) is 0. The van der Waals surface area contributed by atoms with Crippen LogP contribution >= 0.6 is 0 Å². The Kier molecular flexibility index (Phi) is 2.18. The van der Waals surface area contributed by atoms with Gasteiger partial charge in [-0.1, -0.05) is 157 Å². The predicted octanol–water partition coefficient (Wildman–Crippen LogP) is 12.5. The lowest BCUT2D eigenvalue weighted by atomic mass is 9.85. The summed E-state index contributed by atoms with van der Waals surface area (Å²) in [6.45, 7) is 0. The molecule has 0 fully saturated rings. The zero-order chi connectivity index (χ0) is 53.4. The van der Waals surface area contributed by atoms with Crippen molar-refractivity contribution < 1.29 is 38.4 Å². The van der Waals surface area contributed by atoms with E-state index in [-0.39, 0.29) is 0 Å². The number of benzene rings is 9. The molecule has 0 saturated carbocycles. The SMILES string of the molecule is [2H]c1c([2H])c(-c2c3c([2H])c([2H])c([2H])c([2H])c3c(-c3c([2H])c([2H])c4c([2H])c([2H])c([2H])c([2H])c4c3[2H])c3c([2H])c([2H])c([2H])c([2H])c23)c([2H])c([2H])c1-c1c([2H])c([2H])c2c(c1[2H])c([2H])c([2H])c1c([2H])c([2H])c([2H])c([2H])c12. The minimum atomic E-state index is -1.11. The molecule has 0 aromatic heterocycles. The molecular formula is C44H28. The van der Waals surface area contributed by atoms with Crippen LogP contribution in [0.15, 0.2) is 169 Å². The van der Waals surface area contributed by atoms with E-state index >= 15 is 0 Å². The van der Waals surface area contributed by atoms with Gasteiger partial charge in [0, 0.05) is 0 Å². The Labute approximate surface area is 295 Å². The molecule has 0 unspecified atom stereocenters. The van der Waals surface area contributed by atoms with Crippen molar-refractivity contribution in [3.63, 3.8) is 0 Å². The number of rotatable bonds is 3. The van der Waals surface area contributed by atoms with Gasteiger partial charge in [-0.05, 0) is 99.3 Å². The van der Waals surface area contributed by atoms with E-state index in [1.54, 1.807) is 0 Å². The van der Waals surface area contributed by atoms with Gasteiger partial charge in [0.15, 0.2) is 0 Å². The van der Waals surface area contributed by atoms with Crippen LogP contribution in [0.3, 0.4) is 0 Å². The van der Waals surface area contributed by atoms with Crippen LogP contribution in [0.4, 0.5) is 0 Å². The highest BCUT2D eigenvalue weighted by Gasteiger charge is 2.17. The Morgan fingerprint density at radius 3 is 1.34 bits per heavy atom. The molecule has 204 valence electrons. The van der Waals surface area contributed by atoms with Crippen LogP contribution in [0.5, 0.6) is 0 Å². The molecule has 44 heavy (non-hydrogen) atoms. The zero-order valence-electron chi connectivity index (χ0n) is 50.0. The molecule has 0 spiro atoms. The summed E-state index contributed by atoms with van der Waals surface area (Å²) in [7, 11) is 0. The average molecular weight is 585 g/mol. The third-order valence-corrected chi connectivity index (χ3v) is 7.06. The van der Waals surface area contributed by atoms with Crippen molar-refractivity contribution in [2.45, 2.75) is 0 Å². The number of hydrogen-bond donors (Lipinski definition) is 0. The second-order valence-corrected chi connectivity index (χ2v) is 9.50. The first-order valence-corrected chi connectivity index (χ1v) is 13.0. The Morgan fingerprint density at radius 1 is 0.250 bits per heavy atom. The second-order valence-electron chi connectivity index (χ2n) is 9.50. The van der Waals surface area contributed by atoms with Crippen molar-refractivity contribution in [2.75, 3.05) is 0 Å². The van der Waals surface area contributed by atoms with E-state index in [1.807, 2.05) is 0 Å². The van der Waals surface area contributed by atoms with Gasteiger partial charge in [-0.2, -0.15) is 0 Å². The molecular weight excluding hydrogens is 528 g/mol. The van der Waals surface area contributed by atoms with Gasteiger partial charge >= 0.3 is 0 Å². The third-order valence-electron chi connectivity index (χ3n) is 7.06. The van der Waals surface area contributed by atoms with Gasteiger partial charge in [0.25, 0.3) is 0 Å². The Hall–Kier alpha value is -5.72. The Balaban J connectivity index is 1.51. The van der Waals surface area contributed by atoms with Crippen LogP contribution in [0.1, 0.15) is 38.4 Å². The average Bonchev–Trinajstić information content (AvgIpc) is 3.34. The molecule has 0 amide bonds. The second kappa shape index (κ2) is 9.93. The normalized spacial score (nSPS) is 20.5. The molecule has 0 N–H and O–H groups in total. The van der Waals surface area contributed by atoms with Crippen LogP contribution in [-0.2, 0) is 0 Å². The molecule has 0 aliphatic carbocycles. The van der Waals surface area contributed by atoms with Gasteiger partial charge < -0.3 is 0 Å². The molecule has 0 atom stereocenters. The van der Waals surface area contributed by atoms with E-state index in [9.17, 15) is 15.1 Å². The van der Waals surface area contributed by atoms with Gasteiger partial charge in [0.1, 0.15) is 0 Å². The molecule has 0 aliphatic heterocycles. The number of hydrogen-bond acceptors (Lipinski definition) is 0. The van der Waals surface area contributed by atoms with E-state index < -0.39 is 256 Å². The zero-order valence-corrected chi connectivity index (χ0v) is 22.0.